The van der Waals surface area contributed by atoms with Crippen molar-refractivity contribution in [2.45, 2.75) is 50.6 Å². The summed E-state index contributed by atoms with van der Waals surface area (Å²) in [6.07, 6.45) is 6.57. The molecule has 1 N–H and O–H groups in total. The maximum atomic E-state index is 12.5. The molecule has 6 nitrogen and oxygen atoms in total. The number of nitrogens with zero attached hydrogens (tertiary/aromatic N) is 3. The number of rotatable bonds is 8. The van der Waals surface area contributed by atoms with E-state index in [0.29, 0.717) is 25.0 Å². The fourth-order valence-corrected chi connectivity index (χ4v) is 3.59. The van der Waals surface area contributed by atoms with Crippen molar-refractivity contribution in [1.82, 2.24) is 19.4 Å². The van der Waals surface area contributed by atoms with Crippen LogP contribution in [0.3, 0.4) is 0 Å². The molecule has 0 aromatic carbocycles. The standard InChI is InChI=1S/C14H26N4O2S/c1-12(2)15-7-8-18-11-14(9-16-18)21(19,20)17(3)10-13-5-4-6-13/h9,11-13,15H,4-8,10H2,1-3H3. The molecule has 21 heavy (non-hydrogen) atoms. The predicted octanol–water partition coefficient (Wildman–Crippen LogP) is 1.30. The number of nitrogens with one attached hydrogen (secondary N) is 1. The van der Waals surface area contributed by atoms with Crippen molar-refractivity contribution in [2.75, 3.05) is 20.1 Å². The molecule has 0 saturated heterocycles. The summed E-state index contributed by atoms with van der Waals surface area (Å²) in [7, 11) is -1.74. The summed E-state index contributed by atoms with van der Waals surface area (Å²) in [6, 6.07) is 0.414. The third-order valence-corrected chi connectivity index (χ3v) is 5.73. The lowest BCUT2D eigenvalue weighted by atomic mass is 9.86. The van der Waals surface area contributed by atoms with Crippen LogP contribution in [0, 0.1) is 5.92 Å². The zero-order valence-corrected chi connectivity index (χ0v) is 13.9. The van der Waals surface area contributed by atoms with Crippen LogP contribution in [0.2, 0.25) is 0 Å². The molecule has 120 valence electrons. The third kappa shape index (κ3) is 4.28. The summed E-state index contributed by atoms with van der Waals surface area (Å²) < 4.78 is 28.1. The van der Waals surface area contributed by atoms with Crippen LogP contribution in [0.1, 0.15) is 33.1 Å². The Kier molecular flexibility index (Phi) is 5.40. The lowest BCUT2D eigenvalue weighted by Crippen LogP contribution is -2.34. The molecule has 0 atom stereocenters. The van der Waals surface area contributed by atoms with Gasteiger partial charge >= 0.3 is 0 Å². The molecule has 2 rings (SSSR count). The molecule has 1 saturated carbocycles. The van der Waals surface area contributed by atoms with Crippen LogP contribution in [0.15, 0.2) is 17.3 Å². The second kappa shape index (κ2) is 6.89. The molecule has 0 radical (unpaired) electrons. The van der Waals surface area contributed by atoms with Gasteiger partial charge in [-0.15, -0.1) is 0 Å². The van der Waals surface area contributed by atoms with Gasteiger partial charge < -0.3 is 5.32 Å². The van der Waals surface area contributed by atoms with Crippen LogP contribution in [0.4, 0.5) is 0 Å². The molecule has 1 heterocycles. The van der Waals surface area contributed by atoms with Crippen LogP contribution in [-0.4, -0.2) is 48.7 Å². The number of hydrogen-bond donors (Lipinski definition) is 1. The van der Waals surface area contributed by atoms with Crippen molar-refractivity contribution in [3.63, 3.8) is 0 Å². The minimum Gasteiger partial charge on any atom is -0.313 e. The molecular formula is C14H26N4O2S. The highest BCUT2D eigenvalue weighted by atomic mass is 32.2. The summed E-state index contributed by atoms with van der Waals surface area (Å²) in [5.41, 5.74) is 0. The highest BCUT2D eigenvalue weighted by molar-refractivity contribution is 7.89. The first-order valence-corrected chi connectivity index (χ1v) is 9.06. The number of aromatic nitrogens is 2. The quantitative estimate of drug-likeness (QED) is 0.785. The Morgan fingerprint density at radius 3 is 2.76 bits per heavy atom. The largest absolute Gasteiger partial charge is 0.313 e. The average Bonchev–Trinajstić information content (AvgIpc) is 2.82. The first-order chi connectivity index (χ1) is 9.89. The molecule has 0 spiro atoms. The van der Waals surface area contributed by atoms with Crippen LogP contribution in [0.5, 0.6) is 0 Å². The van der Waals surface area contributed by atoms with Gasteiger partial charge in [0.25, 0.3) is 0 Å². The maximum Gasteiger partial charge on any atom is 0.245 e. The van der Waals surface area contributed by atoms with Gasteiger partial charge in [0.1, 0.15) is 4.90 Å². The van der Waals surface area contributed by atoms with Crippen molar-refractivity contribution in [1.29, 1.82) is 0 Å². The molecule has 0 unspecified atom stereocenters. The molecular weight excluding hydrogens is 288 g/mol. The van der Waals surface area contributed by atoms with Crippen molar-refractivity contribution in [3.05, 3.63) is 12.4 Å². The molecule has 1 aliphatic carbocycles. The van der Waals surface area contributed by atoms with Gasteiger partial charge in [-0.25, -0.2) is 12.7 Å². The van der Waals surface area contributed by atoms with E-state index in [1.165, 1.54) is 16.9 Å². The summed E-state index contributed by atoms with van der Waals surface area (Å²) in [6.45, 7) is 6.21. The smallest absolute Gasteiger partial charge is 0.245 e. The fraction of sp³-hybridized carbons (Fsp3) is 0.786. The lowest BCUT2D eigenvalue weighted by Gasteiger charge is -2.29. The van der Waals surface area contributed by atoms with Gasteiger partial charge in [0.2, 0.25) is 10.0 Å². The van der Waals surface area contributed by atoms with Crippen molar-refractivity contribution >= 4 is 10.0 Å². The van der Waals surface area contributed by atoms with E-state index in [9.17, 15) is 8.42 Å². The second-order valence-electron chi connectivity index (χ2n) is 6.13. The van der Waals surface area contributed by atoms with Gasteiger partial charge in [0, 0.05) is 32.4 Å². The Bertz CT molecular complexity index is 549. The van der Waals surface area contributed by atoms with E-state index in [2.05, 4.69) is 24.3 Å². The minimum atomic E-state index is -3.40. The second-order valence-corrected chi connectivity index (χ2v) is 8.18. The third-order valence-electron chi connectivity index (χ3n) is 3.95. The van der Waals surface area contributed by atoms with E-state index < -0.39 is 10.0 Å². The number of sulfonamides is 1. The van der Waals surface area contributed by atoms with Crippen LogP contribution < -0.4 is 5.32 Å². The number of hydrogen-bond acceptors (Lipinski definition) is 4. The van der Waals surface area contributed by atoms with Gasteiger partial charge in [-0.3, -0.25) is 4.68 Å². The van der Waals surface area contributed by atoms with Crippen LogP contribution in [0.25, 0.3) is 0 Å². The van der Waals surface area contributed by atoms with E-state index >= 15 is 0 Å². The van der Waals surface area contributed by atoms with E-state index in [1.54, 1.807) is 17.9 Å². The topological polar surface area (TPSA) is 67.2 Å². The van der Waals surface area contributed by atoms with Gasteiger partial charge in [0.05, 0.1) is 12.7 Å². The lowest BCUT2D eigenvalue weighted by molar-refractivity contribution is 0.263. The molecule has 0 bridgehead atoms. The first kappa shape index (κ1) is 16.5. The normalized spacial score (nSPS) is 16.6. The van der Waals surface area contributed by atoms with E-state index in [4.69, 9.17) is 0 Å². The fourth-order valence-electron chi connectivity index (χ4n) is 2.38. The van der Waals surface area contributed by atoms with Gasteiger partial charge in [-0.2, -0.15) is 5.10 Å². The molecule has 7 heteroatoms. The van der Waals surface area contributed by atoms with Crippen molar-refractivity contribution < 1.29 is 8.42 Å². The van der Waals surface area contributed by atoms with Crippen LogP contribution in [-0.2, 0) is 16.6 Å². The highest BCUT2D eigenvalue weighted by Gasteiger charge is 2.27. The summed E-state index contributed by atoms with van der Waals surface area (Å²) in [5, 5.41) is 7.43. The predicted molar refractivity (Wildman–Crippen MR) is 82.5 cm³/mol. The monoisotopic (exact) mass is 314 g/mol. The maximum absolute atomic E-state index is 12.5. The first-order valence-electron chi connectivity index (χ1n) is 7.62. The van der Waals surface area contributed by atoms with Crippen molar-refractivity contribution in [3.8, 4) is 0 Å². The zero-order chi connectivity index (χ0) is 15.5. The molecule has 1 aromatic rings. The van der Waals surface area contributed by atoms with Crippen LogP contribution >= 0.6 is 0 Å². The molecule has 1 aromatic heterocycles. The Morgan fingerprint density at radius 1 is 1.48 bits per heavy atom. The SMILES string of the molecule is CC(C)NCCn1cc(S(=O)(=O)N(C)CC2CCC2)cn1. The Balaban J connectivity index is 1.94. The minimum absolute atomic E-state index is 0.286. The van der Waals surface area contributed by atoms with Gasteiger partial charge in [-0.05, 0) is 18.8 Å². The molecule has 0 amide bonds. The summed E-state index contributed by atoms with van der Waals surface area (Å²) in [4.78, 5) is 0.286. The Morgan fingerprint density at radius 2 is 2.19 bits per heavy atom. The van der Waals surface area contributed by atoms with E-state index in [0.717, 1.165) is 19.4 Å². The molecule has 0 aliphatic heterocycles. The van der Waals surface area contributed by atoms with Gasteiger partial charge in [-0.1, -0.05) is 20.3 Å². The molecule has 1 fully saturated rings. The van der Waals surface area contributed by atoms with Gasteiger partial charge in [0.15, 0.2) is 0 Å². The summed E-state index contributed by atoms with van der Waals surface area (Å²) in [5.74, 6) is 0.523. The van der Waals surface area contributed by atoms with Crippen molar-refractivity contribution in [2.24, 2.45) is 5.92 Å². The summed E-state index contributed by atoms with van der Waals surface area (Å²) >= 11 is 0. The Hall–Kier alpha value is -0.920. The molecule has 1 aliphatic rings. The highest BCUT2D eigenvalue weighted by Crippen LogP contribution is 2.28. The van der Waals surface area contributed by atoms with E-state index in [1.807, 2.05) is 0 Å². The average molecular weight is 314 g/mol. The Labute approximate surface area is 127 Å². The zero-order valence-electron chi connectivity index (χ0n) is 13.1. The van der Waals surface area contributed by atoms with E-state index in [-0.39, 0.29) is 4.90 Å².